The maximum Gasteiger partial charge on any atom is 0.253 e. The van der Waals surface area contributed by atoms with Crippen molar-refractivity contribution in [3.63, 3.8) is 0 Å². The van der Waals surface area contributed by atoms with Crippen LogP contribution in [-0.2, 0) is 19.6 Å². The molecule has 1 N–H and O–H groups in total. The molecule has 1 aromatic carbocycles. The van der Waals surface area contributed by atoms with E-state index in [4.69, 9.17) is 4.74 Å². The van der Waals surface area contributed by atoms with Crippen molar-refractivity contribution in [1.82, 2.24) is 4.31 Å². The van der Waals surface area contributed by atoms with Crippen LogP contribution in [0.2, 0.25) is 0 Å². The molecular formula is C17H24N2O4S. The topological polar surface area (TPSA) is 75.7 Å². The number of hydrogen-bond donors (Lipinski definition) is 1. The van der Waals surface area contributed by atoms with Gasteiger partial charge in [0, 0.05) is 25.4 Å². The zero-order valence-corrected chi connectivity index (χ0v) is 14.7. The number of amides is 1. The third kappa shape index (κ3) is 3.79. The third-order valence-electron chi connectivity index (χ3n) is 4.60. The second-order valence-electron chi connectivity index (χ2n) is 6.63. The van der Waals surface area contributed by atoms with Crippen LogP contribution < -0.4 is 5.32 Å². The zero-order valence-electron chi connectivity index (χ0n) is 13.9. The first-order valence-corrected chi connectivity index (χ1v) is 9.93. The van der Waals surface area contributed by atoms with Gasteiger partial charge in [-0.3, -0.25) is 4.79 Å². The van der Waals surface area contributed by atoms with Crippen molar-refractivity contribution in [2.75, 3.05) is 25.0 Å². The molecule has 0 aliphatic carbocycles. The average molecular weight is 352 g/mol. The molecule has 0 aromatic heterocycles. The second kappa shape index (κ2) is 7.21. The molecule has 3 rings (SSSR count). The normalized spacial score (nSPS) is 25.5. The largest absolute Gasteiger partial charge is 0.368 e. The lowest BCUT2D eigenvalue weighted by Gasteiger charge is -2.30. The first-order chi connectivity index (χ1) is 11.5. The van der Waals surface area contributed by atoms with Gasteiger partial charge < -0.3 is 10.1 Å². The number of rotatable bonds is 4. The van der Waals surface area contributed by atoms with E-state index in [9.17, 15) is 13.2 Å². The first-order valence-electron chi connectivity index (χ1n) is 8.49. The standard InChI is InChI=1S/C17H24N2O4S/c1-13-4-2-10-19(12-13)24(21,22)15-8-6-14(7-9-15)18-17(20)16-5-3-11-23-16/h6-9,13,16H,2-5,10-12H2,1H3,(H,18,20)/t13-,16-/m0/s1. The summed E-state index contributed by atoms with van der Waals surface area (Å²) in [4.78, 5) is 12.3. The Bertz CT molecular complexity index is 681. The molecule has 2 fully saturated rings. The lowest BCUT2D eigenvalue weighted by molar-refractivity contribution is -0.124. The van der Waals surface area contributed by atoms with Gasteiger partial charge in [-0.25, -0.2) is 8.42 Å². The van der Waals surface area contributed by atoms with E-state index >= 15 is 0 Å². The van der Waals surface area contributed by atoms with E-state index in [1.54, 1.807) is 28.6 Å². The number of sulfonamides is 1. The van der Waals surface area contributed by atoms with Crippen molar-refractivity contribution >= 4 is 21.6 Å². The number of carbonyl (C=O) groups is 1. The van der Waals surface area contributed by atoms with Crippen LogP contribution in [0, 0.1) is 5.92 Å². The van der Waals surface area contributed by atoms with Crippen molar-refractivity contribution < 1.29 is 17.9 Å². The van der Waals surface area contributed by atoms with E-state index in [1.807, 2.05) is 0 Å². The molecule has 0 unspecified atom stereocenters. The summed E-state index contributed by atoms with van der Waals surface area (Å²) in [5.41, 5.74) is 0.585. The summed E-state index contributed by atoms with van der Waals surface area (Å²) >= 11 is 0. The highest BCUT2D eigenvalue weighted by Gasteiger charge is 2.29. The molecule has 2 heterocycles. The minimum Gasteiger partial charge on any atom is -0.368 e. The maximum atomic E-state index is 12.7. The molecule has 2 aliphatic rings. The van der Waals surface area contributed by atoms with Crippen LogP contribution in [0.25, 0.3) is 0 Å². The quantitative estimate of drug-likeness (QED) is 0.901. The van der Waals surface area contributed by atoms with Gasteiger partial charge in [0.2, 0.25) is 10.0 Å². The van der Waals surface area contributed by atoms with Gasteiger partial charge in [0.1, 0.15) is 6.10 Å². The molecule has 0 spiro atoms. The summed E-state index contributed by atoms with van der Waals surface area (Å²) < 4.78 is 32.3. The van der Waals surface area contributed by atoms with Crippen LogP contribution in [0.3, 0.4) is 0 Å². The van der Waals surface area contributed by atoms with E-state index in [1.165, 1.54) is 0 Å². The Kier molecular flexibility index (Phi) is 5.22. The van der Waals surface area contributed by atoms with Crippen LogP contribution in [0.1, 0.15) is 32.6 Å². The maximum absolute atomic E-state index is 12.7. The van der Waals surface area contributed by atoms with Crippen molar-refractivity contribution in [3.8, 4) is 0 Å². The number of nitrogens with one attached hydrogen (secondary N) is 1. The van der Waals surface area contributed by atoms with Crippen molar-refractivity contribution in [1.29, 1.82) is 0 Å². The predicted molar refractivity (Wildman–Crippen MR) is 91.2 cm³/mol. The lowest BCUT2D eigenvalue weighted by atomic mass is 10.0. The first kappa shape index (κ1) is 17.4. The van der Waals surface area contributed by atoms with Gasteiger partial charge in [-0.1, -0.05) is 6.92 Å². The fourth-order valence-electron chi connectivity index (χ4n) is 3.23. The highest BCUT2D eigenvalue weighted by molar-refractivity contribution is 7.89. The van der Waals surface area contributed by atoms with Crippen LogP contribution in [-0.4, -0.2) is 44.4 Å². The van der Waals surface area contributed by atoms with Crippen LogP contribution in [0.15, 0.2) is 29.2 Å². The van der Waals surface area contributed by atoms with Crippen LogP contribution in [0.5, 0.6) is 0 Å². The Morgan fingerprint density at radius 3 is 2.58 bits per heavy atom. The van der Waals surface area contributed by atoms with E-state index < -0.39 is 16.1 Å². The number of benzene rings is 1. The fraction of sp³-hybridized carbons (Fsp3) is 0.588. The van der Waals surface area contributed by atoms with Crippen molar-refractivity contribution in [2.24, 2.45) is 5.92 Å². The highest BCUT2D eigenvalue weighted by atomic mass is 32.2. The van der Waals surface area contributed by atoms with Gasteiger partial charge in [0.25, 0.3) is 5.91 Å². The minimum absolute atomic E-state index is 0.173. The van der Waals surface area contributed by atoms with Gasteiger partial charge in [0.05, 0.1) is 4.90 Å². The molecular weight excluding hydrogens is 328 g/mol. The molecule has 1 amide bonds. The molecule has 1 aromatic rings. The van der Waals surface area contributed by atoms with Gasteiger partial charge in [-0.15, -0.1) is 0 Å². The molecule has 132 valence electrons. The molecule has 2 saturated heterocycles. The average Bonchev–Trinajstić information content (AvgIpc) is 3.10. The predicted octanol–water partition coefficient (Wildman–Crippen LogP) is 2.22. The van der Waals surface area contributed by atoms with E-state index in [2.05, 4.69) is 12.2 Å². The minimum atomic E-state index is -3.46. The Hall–Kier alpha value is -1.44. The van der Waals surface area contributed by atoms with Gasteiger partial charge in [-0.2, -0.15) is 4.31 Å². The zero-order chi connectivity index (χ0) is 17.2. The molecule has 24 heavy (non-hydrogen) atoms. The number of carbonyl (C=O) groups excluding carboxylic acids is 1. The molecule has 0 saturated carbocycles. The SMILES string of the molecule is C[C@H]1CCCN(S(=O)(=O)c2ccc(NC(=O)[C@@H]3CCCO3)cc2)C1. The Morgan fingerprint density at radius 1 is 1.21 bits per heavy atom. The van der Waals surface area contributed by atoms with Crippen molar-refractivity contribution in [3.05, 3.63) is 24.3 Å². The van der Waals surface area contributed by atoms with Crippen LogP contribution >= 0.6 is 0 Å². The van der Waals surface area contributed by atoms with E-state index in [0.29, 0.717) is 31.3 Å². The molecule has 0 radical (unpaired) electrons. The molecule has 2 aliphatic heterocycles. The smallest absolute Gasteiger partial charge is 0.253 e. The van der Waals surface area contributed by atoms with E-state index in [0.717, 1.165) is 25.7 Å². The second-order valence-corrected chi connectivity index (χ2v) is 8.56. The summed E-state index contributed by atoms with van der Waals surface area (Å²) in [5.74, 6) is 0.214. The Balaban J connectivity index is 1.68. The lowest BCUT2D eigenvalue weighted by Crippen LogP contribution is -2.39. The summed E-state index contributed by atoms with van der Waals surface area (Å²) in [6.45, 7) is 3.83. The van der Waals surface area contributed by atoms with Gasteiger partial charge >= 0.3 is 0 Å². The molecule has 2 atom stereocenters. The summed E-state index contributed by atoms with van der Waals surface area (Å²) in [5, 5.41) is 2.78. The molecule has 7 heteroatoms. The Morgan fingerprint density at radius 2 is 1.96 bits per heavy atom. The Labute approximate surface area is 143 Å². The number of ether oxygens (including phenoxy) is 1. The fourth-order valence-corrected chi connectivity index (χ4v) is 4.83. The summed E-state index contributed by atoms with van der Waals surface area (Å²) in [6.07, 6.45) is 3.19. The van der Waals surface area contributed by atoms with Crippen LogP contribution in [0.4, 0.5) is 5.69 Å². The summed E-state index contributed by atoms with van der Waals surface area (Å²) in [6, 6.07) is 6.37. The van der Waals surface area contributed by atoms with Gasteiger partial charge in [0.15, 0.2) is 0 Å². The van der Waals surface area contributed by atoms with Gasteiger partial charge in [-0.05, 0) is 55.9 Å². The number of nitrogens with zero attached hydrogens (tertiary/aromatic N) is 1. The number of hydrogen-bond acceptors (Lipinski definition) is 4. The summed E-state index contributed by atoms with van der Waals surface area (Å²) in [7, 11) is -3.46. The molecule has 6 nitrogen and oxygen atoms in total. The highest BCUT2D eigenvalue weighted by Crippen LogP contribution is 2.24. The third-order valence-corrected chi connectivity index (χ3v) is 6.48. The monoisotopic (exact) mass is 352 g/mol. The van der Waals surface area contributed by atoms with E-state index in [-0.39, 0.29) is 10.8 Å². The number of anilines is 1. The molecule has 0 bridgehead atoms. The number of piperidine rings is 1. The van der Waals surface area contributed by atoms with Crippen molar-refractivity contribution in [2.45, 2.75) is 43.6 Å².